The van der Waals surface area contributed by atoms with Crippen LogP contribution in [-0.4, -0.2) is 18.7 Å². The second-order valence-electron chi connectivity index (χ2n) is 3.72. The van der Waals surface area contributed by atoms with Crippen molar-refractivity contribution in [3.63, 3.8) is 0 Å². The van der Waals surface area contributed by atoms with Gasteiger partial charge >= 0.3 is 0 Å². The van der Waals surface area contributed by atoms with Crippen LogP contribution in [0.5, 0.6) is 11.5 Å². The maximum Gasteiger partial charge on any atom is 0.182 e. The minimum absolute atomic E-state index is 0.572. The Morgan fingerprint density at radius 1 is 1.42 bits per heavy atom. The van der Waals surface area contributed by atoms with Crippen LogP contribution >= 0.6 is 22.9 Å². The van der Waals surface area contributed by atoms with Crippen LogP contribution in [0, 0.1) is 0 Å². The fourth-order valence-corrected chi connectivity index (χ4v) is 2.45. The molecule has 2 rings (SSSR count). The zero-order chi connectivity index (χ0) is 13.7. The molecule has 1 N–H and O–H groups in total. The van der Waals surface area contributed by atoms with Crippen molar-refractivity contribution in [2.75, 3.05) is 19.0 Å². The number of nitrogens with one attached hydrogen (secondary N) is 1. The summed E-state index contributed by atoms with van der Waals surface area (Å²) in [5.41, 5.74) is 0.946. The molecule has 0 bridgehead atoms. The maximum absolute atomic E-state index is 6.09. The van der Waals surface area contributed by atoms with Gasteiger partial charge in [0.05, 0.1) is 13.7 Å². The highest BCUT2D eigenvalue weighted by atomic mass is 35.5. The number of methoxy groups -OCH3 is 1. The maximum atomic E-state index is 6.09. The van der Waals surface area contributed by atoms with Gasteiger partial charge in [-0.05, 0) is 13.0 Å². The first-order valence-corrected chi connectivity index (χ1v) is 7.13. The van der Waals surface area contributed by atoms with Gasteiger partial charge < -0.3 is 14.8 Å². The van der Waals surface area contributed by atoms with E-state index >= 15 is 0 Å². The second-order valence-corrected chi connectivity index (χ2v) is 5.05. The number of benzene rings is 1. The lowest BCUT2D eigenvalue weighted by molar-refractivity contribution is 0.308. The van der Waals surface area contributed by atoms with Crippen molar-refractivity contribution in [3.05, 3.63) is 34.3 Å². The molecule has 0 aliphatic carbocycles. The number of nitrogens with zero attached hydrogens (tertiary/aromatic N) is 1. The summed E-state index contributed by atoms with van der Waals surface area (Å²) in [6.45, 7) is 3.09. The number of thiazole rings is 1. The first kappa shape index (κ1) is 14.0. The van der Waals surface area contributed by atoms with Crippen LogP contribution in [0.1, 0.15) is 12.5 Å². The van der Waals surface area contributed by atoms with E-state index in [4.69, 9.17) is 21.1 Å². The third-order valence-corrected chi connectivity index (χ3v) is 3.42. The molecule has 0 atom stereocenters. The quantitative estimate of drug-likeness (QED) is 0.880. The number of rotatable bonds is 6. The van der Waals surface area contributed by atoms with Crippen molar-refractivity contribution in [1.29, 1.82) is 0 Å². The second kappa shape index (κ2) is 6.63. The molecule has 0 fully saturated rings. The third kappa shape index (κ3) is 3.52. The van der Waals surface area contributed by atoms with E-state index in [1.165, 1.54) is 0 Å². The van der Waals surface area contributed by atoms with E-state index in [9.17, 15) is 0 Å². The zero-order valence-corrected chi connectivity index (χ0v) is 12.3. The third-order valence-electron chi connectivity index (χ3n) is 2.47. The van der Waals surface area contributed by atoms with E-state index < -0.39 is 0 Å². The highest BCUT2D eigenvalue weighted by Gasteiger charge is 2.12. The van der Waals surface area contributed by atoms with Gasteiger partial charge in [0.15, 0.2) is 16.6 Å². The molecule has 0 saturated heterocycles. The lowest BCUT2D eigenvalue weighted by atomic mass is 10.2. The van der Waals surface area contributed by atoms with Gasteiger partial charge in [-0.2, -0.15) is 0 Å². The molecule has 102 valence electrons. The Labute approximate surface area is 121 Å². The Hall–Kier alpha value is -1.46. The van der Waals surface area contributed by atoms with Crippen molar-refractivity contribution < 1.29 is 9.47 Å². The SMILES string of the molecule is CCOc1c(CNc2nccs2)cc(Cl)cc1OC. The van der Waals surface area contributed by atoms with Crippen molar-refractivity contribution in [3.8, 4) is 11.5 Å². The molecule has 1 heterocycles. The van der Waals surface area contributed by atoms with Crippen molar-refractivity contribution >= 4 is 28.1 Å². The molecule has 0 spiro atoms. The van der Waals surface area contributed by atoms with Gasteiger partial charge in [-0.25, -0.2) is 4.98 Å². The molecule has 0 aliphatic heterocycles. The van der Waals surface area contributed by atoms with E-state index in [2.05, 4.69) is 10.3 Å². The molecule has 0 saturated carbocycles. The summed E-state index contributed by atoms with van der Waals surface area (Å²) < 4.78 is 10.9. The number of anilines is 1. The Morgan fingerprint density at radius 3 is 2.89 bits per heavy atom. The normalized spacial score (nSPS) is 10.3. The molecule has 1 aromatic heterocycles. The number of ether oxygens (including phenoxy) is 2. The lowest BCUT2D eigenvalue weighted by Crippen LogP contribution is -2.04. The molecule has 6 heteroatoms. The van der Waals surface area contributed by atoms with E-state index in [0.717, 1.165) is 16.4 Å². The first-order valence-electron chi connectivity index (χ1n) is 5.87. The van der Waals surface area contributed by atoms with E-state index in [1.54, 1.807) is 30.7 Å². The van der Waals surface area contributed by atoms with Gasteiger partial charge in [0.2, 0.25) is 0 Å². The monoisotopic (exact) mass is 298 g/mol. The van der Waals surface area contributed by atoms with Crippen LogP contribution in [0.4, 0.5) is 5.13 Å². The van der Waals surface area contributed by atoms with Crippen LogP contribution in [0.15, 0.2) is 23.7 Å². The fraction of sp³-hybridized carbons (Fsp3) is 0.308. The van der Waals surface area contributed by atoms with Crippen LogP contribution in [-0.2, 0) is 6.54 Å². The predicted octanol–water partition coefficient (Wildman–Crippen LogP) is 3.82. The van der Waals surface area contributed by atoms with Crippen LogP contribution < -0.4 is 14.8 Å². The summed E-state index contributed by atoms with van der Waals surface area (Å²) >= 11 is 7.63. The van der Waals surface area contributed by atoms with Crippen LogP contribution in [0.25, 0.3) is 0 Å². The smallest absolute Gasteiger partial charge is 0.182 e. The van der Waals surface area contributed by atoms with E-state index in [1.807, 2.05) is 18.4 Å². The topological polar surface area (TPSA) is 43.4 Å². The Kier molecular flexibility index (Phi) is 4.87. The molecular weight excluding hydrogens is 284 g/mol. The molecule has 1 aromatic carbocycles. The zero-order valence-electron chi connectivity index (χ0n) is 10.8. The highest BCUT2D eigenvalue weighted by Crippen LogP contribution is 2.35. The summed E-state index contributed by atoms with van der Waals surface area (Å²) in [4.78, 5) is 4.17. The van der Waals surface area contributed by atoms with E-state index in [0.29, 0.717) is 23.9 Å². The molecule has 4 nitrogen and oxygen atoms in total. The molecule has 0 unspecified atom stereocenters. The Bertz CT molecular complexity index is 532. The minimum Gasteiger partial charge on any atom is -0.493 e. The fourth-order valence-electron chi connectivity index (χ4n) is 1.70. The Morgan fingerprint density at radius 2 is 2.26 bits per heavy atom. The van der Waals surface area contributed by atoms with Gasteiger partial charge in [-0.15, -0.1) is 11.3 Å². The number of hydrogen-bond donors (Lipinski definition) is 1. The first-order chi connectivity index (χ1) is 9.24. The predicted molar refractivity (Wildman–Crippen MR) is 78.6 cm³/mol. The average Bonchev–Trinajstić information content (AvgIpc) is 2.91. The van der Waals surface area contributed by atoms with Crippen molar-refractivity contribution in [1.82, 2.24) is 4.98 Å². The summed E-state index contributed by atoms with van der Waals surface area (Å²) in [6, 6.07) is 3.62. The van der Waals surface area contributed by atoms with Gasteiger partial charge in [0.1, 0.15) is 0 Å². The van der Waals surface area contributed by atoms with Gasteiger partial charge in [-0.3, -0.25) is 0 Å². The summed E-state index contributed by atoms with van der Waals surface area (Å²) in [5, 5.41) is 6.64. The van der Waals surface area contributed by atoms with Crippen LogP contribution in [0.2, 0.25) is 5.02 Å². The van der Waals surface area contributed by atoms with Gasteiger partial charge in [-0.1, -0.05) is 11.6 Å². The highest BCUT2D eigenvalue weighted by molar-refractivity contribution is 7.13. The number of hydrogen-bond acceptors (Lipinski definition) is 5. The van der Waals surface area contributed by atoms with E-state index in [-0.39, 0.29) is 0 Å². The van der Waals surface area contributed by atoms with Crippen molar-refractivity contribution in [2.45, 2.75) is 13.5 Å². The molecule has 0 amide bonds. The Balaban J connectivity index is 2.23. The van der Waals surface area contributed by atoms with Gasteiger partial charge in [0.25, 0.3) is 0 Å². The molecule has 0 aliphatic rings. The lowest BCUT2D eigenvalue weighted by Gasteiger charge is -2.15. The largest absolute Gasteiger partial charge is 0.493 e. The summed E-state index contributed by atoms with van der Waals surface area (Å²) in [7, 11) is 1.60. The molecule has 0 radical (unpaired) electrons. The molecule has 2 aromatic rings. The summed E-state index contributed by atoms with van der Waals surface area (Å²) in [6.07, 6.45) is 1.76. The van der Waals surface area contributed by atoms with Crippen LogP contribution in [0.3, 0.4) is 0 Å². The van der Waals surface area contributed by atoms with Crippen molar-refractivity contribution in [2.24, 2.45) is 0 Å². The number of halogens is 1. The standard InChI is InChI=1S/C13H15ClN2O2S/c1-3-18-12-9(6-10(14)7-11(12)17-2)8-16-13-15-4-5-19-13/h4-7H,3,8H2,1-2H3,(H,15,16). The average molecular weight is 299 g/mol. The molecular formula is C13H15ClN2O2S. The number of aromatic nitrogens is 1. The van der Waals surface area contributed by atoms with Gasteiger partial charge in [0, 0.05) is 34.8 Å². The molecule has 19 heavy (non-hydrogen) atoms. The summed E-state index contributed by atoms with van der Waals surface area (Å²) in [5.74, 6) is 1.36. The minimum atomic E-state index is 0.572.